The number of rotatable bonds is 11. The van der Waals surface area contributed by atoms with Gasteiger partial charge in [0.05, 0.1) is 35.2 Å². The third-order valence-electron chi connectivity index (χ3n) is 4.63. The summed E-state index contributed by atoms with van der Waals surface area (Å²) < 4.78 is 15.6. The van der Waals surface area contributed by atoms with E-state index in [0.717, 1.165) is 17.9 Å². The first kappa shape index (κ1) is 25.3. The summed E-state index contributed by atoms with van der Waals surface area (Å²) in [4.78, 5) is 37.4. The number of hydrazine groups is 1. The Balaban J connectivity index is 2.28. The number of benzene rings is 1. The van der Waals surface area contributed by atoms with E-state index in [0.29, 0.717) is 23.6 Å². The molecule has 0 aromatic heterocycles. The van der Waals surface area contributed by atoms with Crippen molar-refractivity contribution in [2.24, 2.45) is 0 Å². The number of ether oxygens (including phenoxy) is 3. The average Bonchev–Trinajstić information content (AvgIpc) is 3.12. The molecule has 0 radical (unpaired) electrons. The highest BCUT2D eigenvalue weighted by atomic mass is 35.5. The summed E-state index contributed by atoms with van der Waals surface area (Å²) in [6.45, 7) is 8.26. The van der Waals surface area contributed by atoms with Crippen LogP contribution in [0.25, 0.3) is 0 Å². The zero-order valence-corrected chi connectivity index (χ0v) is 19.2. The van der Waals surface area contributed by atoms with Gasteiger partial charge in [0.15, 0.2) is 5.78 Å². The van der Waals surface area contributed by atoms with Crippen molar-refractivity contribution < 1.29 is 28.6 Å². The van der Waals surface area contributed by atoms with Crippen LogP contribution in [0.1, 0.15) is 52.4 Å². The number of carbonyl (C=O) groups excluding carboxylic acids is 3. The summed E-state index contributed by atoms with van der Waals surface area (Å²) >= 11 is 6.21. The third kappa shape index (κ3) is 7.02. The molecule has 0 saturated heterocycles. The van der Waals surface area contributed by atoms with E-state index < -0.39 is 12.2 Å². The molecule has 0 unspecified atom stereocenters. The molecule has 0 atom stereocenters. The lowest BCUT2D eigenvalue weighted by Gasteiger charge is -2.26. The molecule has 0 spiro atoms. The number of Topliss-reactive ketones (excluding diaryl/α,β-unsaturated/α-hetero) is 1. The molecule has 32 heavy (non-hydrogen) atoms. The fraction of sp³-hybridized carbons (Fsp3) is 0.435. The highest BCUT2D eigenvalue weighted by Gasteiger charge is 2.34. The maximum Gasteiger partial charge on any atom is 0.513 e. The average molecular weight is 465 g/mol. The molecular weight excluding hydrogens is 436 g/mol. The molecule has 1 aromatic rings. The van der Waals surface area contributed by atoms with Gasteiger partial charge in [-0.2, -0.15) is 5.01 Å². The lowest BCUT2D eigenvalue weighted by atomic mass is 10.1. The van der Waals surface area contributed by atoms with Crippen LogP contribution in [-0.2, 0) is 19.0 Å². The third-order valence-corrected chi connectivity index (χ3v) is 4.96. The summed E-state index contributed by atoms with van der Waals surface area (Å²) in [5, 5.41) is 1.36. The lowest BCUT2D eigenvalue weighted by Crippen LogP contribution is -2.37. The summed E-state index contributed by atoms with van der Waals surface area (Å²) in [5.74, 6) is -0.201. The first-order valence-corrected chi connectivity index (χ1v) is 11.0. The molecule has 8 nitrogen and oxygen atoms in total. The number of hydrogen-bond donors (Lipinski definition) is 1. The van der Waals surface area contributed by atoms with Crippen LogP contribution < -0.4 is 5.43 Å². The number of ketones is 1. The van der Waals surface area contributed by atoms with Crippen LogP contribution in [0.4, 0.5) is 15.3 Å². The van der Waals surface area contributed by atoms with E-state index in [1.54, 1.807) is 24.3 Å². The first-order chi connectivity index (χ1) is 15.4. The predicted octanol–water partition coefficient (Wildman–Crippen LogP) is 5.99. The predicted molar refractivity (Wildman–Crippen MR) is 121 cm³/mol. The quantitative estimate of drug-likeness (QED) is 0.244. The van der Waals surface area contributed by atoms with Gasteiger partial charge in [0.25, 0.3) is 0 Å². The van der Waals surface area contributed by atoms with E-state index in [1.807, 2.05) is 13.8 Å². The second kappa shape index (κ2) is 12.8. The molecule has 1 aliphatic carbocycles. The van der Waals surface area contributed by atoms with Crippen molar-refractivity contribution in [3.8, 4) is 0 Å². The summed E-state index contributed by atoms with van der Waals surface area (Å²) in [6, 6.07) is 6.78. The number of nitrogens with zero attached hydrogens (tertiary/aromatic N) is 1. The number of halogens is 1. The number of nitrogens with one attached hydrogen (secondary N) is 1. The molecule has 1 aliphatic rings. The normalized spacial score (nSPS) is 13.0. The second-order valence-electron chi connectivity index (χ2n) is 7.12. The molecule has 0 fully saturated rings. The van der Waals surface area contributed by atoms with Gasteiger partial charge in [-0.1, -0.05) is 57.0 Å². The second-order valence-corrected chi connectivity index (χ2v) is 7.52. The zero-order chi connectivity index (χ0) is 23.5. The minimum atomic E-state index is -0.899. The molecule has 1 amide bonds. The molecular formula is C23H29ClN2O6. The number of carbonyl (C=O) groups is 3. The fourth-order valence-corrected chi connectivity index (χ4v) is 3.04. The fourth-order valence-electron chi connectivity index (χ4n) is 2.86. The van der Waals surface area contributed by atoms with Gasteiger partial charge in [-0.25, -0.2) is 9.59 Å². The van der Waals surface area contributed by atoms with Gasteiger partial charge >= 0.3 is 12.2 Å². The molecule has 2 rings (SSSR count). The highest BCUT2D eigenvalue weighted by molar-refractivity contribution is 6.33. The number of hydrogen-bond acceptors (Lipinski definition) is 7. The van der Waals surface area contributed by atoms with Crippen molar-refractivity contribution in [2.75, 3.05) is 18.6 Å². The largest absolute Gasteiger partial charge is 0.513 e. The zero-order valence-electron chi connectivity index (χ0n) is 18.4. The van der Waals surface area contributed by atoms with Crippen molar-refractivity contribution in [2.45, 2.75) is 52.4 Å². The van der Waals surface area contributed by atoms with Gasteiger partial charge in [-0.3, -0.25) is 10.2 Å². The van der Waals surface area contributed by atoms with Crippen LogP contribution in [-0.4, -0.2) is 36.3 Å². The number of amides is 1. The van der Waals surface area contributed by atoms with E-state index >= 15 is 0 Å². The monoisotopic (exact) mass is 464 g/mol. The van der Waals surface area contributed by atoms with Crippen LogP contribution in [0, 0.1) is 0 Å². The molecule has 9 heteroatoms. The Morgan fingerprint density at radius 2 is 1.75 bits per heavy atom. The van der Waals surface area contributed by atoms with E-state index in [1.165, 1.54) is 0 Å². The Bertz CT molecular complexity index is 883. The minimum absolute atomic E-state index is 0.00900. The smallest absolute Gasteiger partial charge is 0.448 e. The van der Waals surface area contributed by atoms with Crippen LogP contribution >= 0.6 is 11.6 Å². The van der Waals surface area contributed by atoms with Gasteiger partial charge < -0.3 is 14.2 Å². The molecule has 174 valence electrons. The maximum absolute atomic E-state index is 12.8. The van der Waals surface area contributed by atoms with Crippen LogP contribution in [0.3, 0.4) is 0 Å². The summed E-state index contributed by atoms with van der Waals surface area (Å²) in [7, 11) is 0. The number of allylic oxidation sites excluding steroid dienone is 2. The number of para-hydroxylation sites is 1. The van der Waals surface area contributed by atoms with Gasteiger partial charge in [0.1, 0.15) is 5.76 Å². The van der Waals surface area contributed by atoms with Crippen molar-refractivity contribution in [3.63, 3.8) is 0 Å². The SMILES string of the molecule is C=C(C1=C(OC(=O)OCCCC)CCC1=O)N(Nc1ccccc1Cl)C(=O)OCCCC. The standard InChI is InChI=1S/C23H29ClN2O6/c1-4-6-14-30-22(28)26(25-18-11-9-8-10-17(18)24)16(3)21-19(27)12-13-20(21)32-23(29)31-15-7-5-2/h8-11,25H,3-7,12-15H2,1-2H3. The molecule has 0 aliphatic heterocycles. The Labute approximate surface area is 193 Å². The Hall–Kier alpha value is -3.00. The Kier molecular flexibility index (Phi) is 10.1. The van der Waals surface area contributed by atoms with Gasteiger partial charge in [-0.15, -0.1) is 0 Å². The summed E-state index contributed by atoms with van der Waals surface area (Å²) in [5.41, 5.74) is 3.29. The van der Waals surface area contributed by atoms with Gasteiger partial charge in [0.2, 0.25) is 0 Å². The van der Waals surface area contributed by atoms with E-state index in [9.17, 15) is 14.4 Å². The first-order valence-electron chi connectivity index (χ1n) is 10.7. The number of anilines is 1. The van der Waals surface area contributed by atoms with E-state index in [4.69, 9.17) is 25.8 Å². The molecule has 0 saturated carbocycles. The van der Waals surface area contributed by atoms with E-state index in [-0.39, 0.29) is 48.9 Å². The van der Waals surface area contributed by atoms with Crippen molar-refractivity contribution in [3.05, 3.63) is 52.9 Å². The van der Waals surface area contributed by atoms with Crippen LogP contribution in [0.15, 0.2) is 47.9 Å². The van der Waals surface area contributed by atoms with Gasteiger partial charge in [-0.05, 0) is 25.0 Å². The van der Waals surface area contributed by atoms with Crippen molar-refractivity contribution in [1.82, 2.24) is 5.01 Å². The Morgan fingerprint density at radius 3 is 2.41 bits per heavy atom. The maximum atomic E-state index is 12.8. The lowest BCUT2D eigenvalue weighted by molar-refractivity contribution is -0.114. The van der Waals surface area contributed by atoms with Crippen LogP contribution in [0.5, 0.6) is 0 Å². The van der Waals surface area contributed by atoms with Gasteiger partial charge in [0, 0.05) is 12.8 Å². The number of unbranched alkanes of at least 4 members (excludes halogenated alkanes) is 2. The molecule has 0 bridgehead atoms. The molecule has 1 N–H and O–H groups in total. The van der Waals surface area contributed by atoms with Crippen molar-refractivity contribution in [1.29, 1.82) is 0 Å². The summed E-state index contributed by atoms with van der Waals surface area (Å²) in [6.07, 6.45) is 1.74. The molecule has 0 heterocycles. The topological polar surface area (TPSA) is 94.2 Å². The van der Waals surface area contributed by atoms with E-state index in [2.05, 4.69) is 12.0 Å². The molecule has 1 aromatic carbocycles. The van der Waals surface area contributed by atoms with Crippen LogP contribution in [0.2, 0.25) is 5.02 Å². The minimum Gasteiger partial charge on any atom is -0.448 e. The van der Waals surface area contributed by atoms with Crippen molar-refractivity contribution >= 4 is 35.3 Å². The highest BCUT2D eigenvalue weighted by Crippen LogP contribution is 2.32. The Morgan fingerprint density at radius 1 is 1.09 bits per heavy atom.